The van der Waals surface area contributed by atoms with Gasteiger partial charge in [0.2, 0.25) is 0 Å². The summed E-state index contributed by atoms with van der Waals surface area (Å²) in [5.41, 5.74) is 5.27. The summed E-state index contributed by atoms with van der Waals surface area (Å²) in [5.74, 6) is 0. The molecule has 0 atom stereocenters. The second-order valence-electron chi connectivity index (χ2n) is 4.32. The Labute approximate surface area is 107 Å². The second kappa shape index (κ2) is 4.38. The van der Waals surface area contributed by atoms with Crippen molar-refractivity contribution in [3.63, 3.8) is 0 Å². The van der Waals surface area contributed by atoms with E-state index in [0.29, 0.717) is 0 Å². The van der Waals surface area contributed by atoms with Gasteiger partial charge in [-0.15, -0.1) is 0 Å². The summed E-state index contributed by atoms with van der Waals surface area (Å²) in [4.78, 5) is 0. The average Bonchev–Trinajstić information content (AvgIpc) is 2.39. The molecule has 1 aliphatic carbocycles. The van der Waals surface area contributed by atoms with E-state index in [4.69, 9.17) is 11.6 Å². The van der Waals surface area contributed by atoms with Gasteiger partial charge >= 0.3 is 0 Å². The molecule has 0 bridgehead atoms. The van der Waals surface area contributed by atoms with Gasteiger partial charge in [-0.2, -0.15) is 0 Å². The summed E-state index contributed by atoms with van der Waals surface area (Å²) in [5, 5.41) is 0.812. The molecule has 0 amide bonds. The predicted octanol–water partition coefficient (Wildman–Crippen LogP) is 4.72. The van der Waals surface area contributed by atoms with Gasteiger partial charge in [0, 0.05) is 5.02 Å². The van der Waals surface area contributed by atoms with E-state index in [0.717, 1.165) is 17.9 Å². The summed E-state index contributed by atoms with van der Waals surface area (Å²) in [6.45, 7) is 0. The highest BCUT2D eigenvalue weighted by atomic mass is 35.5. The Hall–Kier alpha value is -1.53. The van der Waals surface area contributed by atoms with Gasteiger partial charge in [0.1, 0.15) is 0 Å². The molecule has 0 N–H and O–H groups in total. The monoisotopic (exact) mass is 240 g/mol. The lowest BCUT2D eigenvalue weighted by molar-refractivity contribution is 0.978. The van der Waals surface area contributed by atoms with Crippen LogP contribution in [0.4, 0.5) is 0 Å². The Morgan fingerprint density at radius 2 is 1.76 bits per heavy atom. The van der Waals surface area contributed by atoms with Crippen molar-refractivity contribution in [2.45, 2.75) is 12.8 Å². The largest absolute Gasteiger partial charge is 0.0843 e. The Morgan fingerprint density at radius 1 is 0.941 bits per heavy atom. The molecule has 0 aromatic heterocycles. The number of allylic oxidation sites excluding steroid dienone is 1. The van der Waals surface area contributed by atoms with Crippen LogP contribution in [-0.4, -0.2) is 0 Å². The Balaban J connectivity index is 2.14. The predicted molar refractivity (Wildman–Crippen MR) is 73.3 cm³/mol. The molecule has 0 saturated heterocycles. The van der Waals surface area contributed by atoms with Gasteiger partial charge in [-0.25, -0.2) is 0 Å². The van der Waals surface area contributed by atoms with Crippen molar-refractivity contribution in [3.8, 4) is 0 Å². The van der Waals surface area contributed by atoms with Gasteiger partial charge in [-0.3, -0.25) is 0 Å². The maximum atomic E-state index is 6.10. The van der Waals surface area contributed by atoms with E-state index in [1.165, 1.54) is 22.3 Å². The highest BCUT2D eigenvalue weighted by Gasteiger charge is 2.13. The summed E-state index contributed by atoms with van der Waals surface area (Å²) in [6.07, 6.45) is 4.54. The SMILES string of the molecule is Clc1ccc2c(c1)C(c1ccccc1)=CCC2. The normalized spacial score (nSPS) is 14.1. The van der Waals surface area contributed by atoms with Crippen LogP contribution in [0.5, 0.6) is 0 Å². The minimum Gasteiger partial charge on any atom is -0.0843 e. The number of benzene rings is 2. The molecule has 0 heterocycles. The molecule has 0 spiro atoms. The lowest BCUT2D eigenvalue weighted by Gasteiger charge is -2.18. The zero-order valence-electron chi connectivity index (χ0n) is 9.49. The Morgan fingerprint density at radius 3 is 2.59 bits per heavy atom. The molecule has 0 radical (unpaired) electrons. The third-order valence-corrected chi connectivity index (χ3v) is 3.44. The maximum Gasteiger partial charge on any atom is 0.0412 e. The fourth-order valence-corrected chi connectivity index (χ4v) is 2.56. The minimum atomic E-state index is 0.812. The van der Waals surface area contributed by atoms with Crippen molar-refractivity contribution in [3.05, 3.63) is 76.3 Å². The number of aryl methyl sites for hydroxylation is 1. The standard InChI is InChI=1S/C16H13Cl/c17-14-10-9-13-7-4-8-15(16(13)11-14)12-5-2-1-3-6-12/h1-3,5-6,8-11H,4,7H2. The van der Waals surface area contributed by atoms with Crippen LogP contribution in [0.3, 0.4) is 0 Å². The fraction of sp³-hybridized carbons (Fsp3) is 0.125. The van der Waals surface area contributed by atoms with Gasteiger partial charge in [-0.05, 0) is 47.2 Å². The first-order valence-corrected chi connectivity index (χ1v) is 6.27. The lowest BCUT2D eigenvalue weighted by atomic mass is 9.87. The Bertz CT molecular complexity index is 567. The van der Waals surface area contributed by atoms with Crippen molar-refractivity contribution in [2.75, 3.05) is 0 Å². The topological polar surface area (TPSA) is 0 Å². The van der Waals surface area contributed by atoms with E-state index < -0.39 is 0 Å². The number of hydrogen-bond donors (Lipinski definition) is 0. The van der Waals surface area contributed by atoms with Gasteiger partial charge in [0.05, 0.1) is 0 Å². The fourth-order valence-electron chi connectivity index (χ4n) is 2.39. The van der Waals surface area contributed by atoms with Crippen LogP contribution >= 0.6 is 11.6 Å². The van der Waals surface area contributed by atoms with Crippen molar-refractivity contribution in [1.29, 1.82) is 0 Å². The molecule has 0 aliphatic heterocycles. The number of fused-ring (bicyclic) bond motifs is 1. The van der Waals surface area contributed by atoms with E-state index in [-0.39, 0.29) is 0 Å². The quantitative estimate of drug-likeness (QED) is 0.677. The molecule has 1 heteroatoms. The molecular formula is C16H13Cl. The molecule has 0 fully saturated rings. The van der Waals surface area contributed by atoms with Gasteiger partial charge in [0.15, 0.2) is 0 Å². The van der Waals surface area contributed by atoms with Crippen LogP contribution in [0.2, 0.25) is 5.02 Å². The summed E-state index contributed by atoms with van der Waals surface area (Å²) < 4.78 is 0. The smallest absolute Gasteiger partial charge is 0.0412 e. The third kappa shape index (κ3) is 2.01. The van der Waals surface area contributed by atoms with Crippen molar-refractivity contribution < 1.29 is 0 Å². The Kier molecular flexibility index (Phi) is 2.74. The van der Waals surface area contributed by atoms with Crippen LogP contribution in [0.15, 0.2) is 54.6 Å². The lowest BCUT2D eigenvalue weighted by Crippen LogP contribution is -2.00. The van der Waals surface area contributed by atoms with E-state index >= 15 is 0 Å². The van der Waals surface area contributed by atoms with Crippen LogP contribution < -0.4 is 0 Å². The highest BCUT2D eigenvalue weighted by molar-refractivity contribution is 6.30. The zero-order valence-corrected chi connectivity index (χ0v) is 10.2. The number of hydrogen-bond acceptors (Lipinski definition) is 0. The second-order valence-corrected chi connectivity index (χ2v) is 4.76. The molecule has 0 unspecified atom stereocenters. The molecule has 1 aliphatic rings. The zero-order chi connectivity index (χ0) is 11.7. The first kappa shape index (κ1) is 10.6. The van der Waals surface area contributed by atoms with E-state index in [1.54, 1.807) is 0 Å². The summed E-state index contributed by atoms with van der Waals surface area (Å²) in [7, 11) is 0. The van der Waals surface area contributed by atoms with Gasteiger partial charge < -0.3 is 0 Å². The molecule has 0 saturated carbocycles. The molecule has 3 rings (SSSR count). The first-order chi connectivity index (χ1) is 8.34. The molecular weight excluding hydrogens is 228 g/mol. The van der Waals surface area contributed by atoms with E-state index in [2.05, 4.69) is 42.5 Å². The van der Waals surface area contributed by atoms with E-state index in [1.807, 2.05) is 12.1 Å². The minimum absolute atomic E-state index is 0.812. The van der Waals surface area contributed by atoms with Crippen LogP contribution in [-0.2, 0) is 6.42 Å². The first-order valence-electron chi connectivity index (χ1n) is 5.89. The van der Waals surface area contributed by atoms with Crippen molar-refractivity contribution in [1.82, 2.24) is 0 Å². The molecule has 17 heavy (non-hydrogen) atoms. The molecule has 0 nitrogen and oxygen atoms in total. The third-order valence-electron chi connectivity index (χ3n) is 3.21. The van der Waals surface area contributed by atoms with Crippen molar-refractivity contribution >= 4 is 17.2 Å². The van der Waals surface area contributed by atoms with Gasteiger partial charge in [0.25, 0.3) is 0 Å². The molecule has 2 aromatic rings. The van der Waals surface area contributed by atoms with Gasteiger partial charge in [-0.1, -0.05) is 54.1 Å². The van der Waals surface area contributed by atoms with E-state index in [9.17, 15) is 0 Å². The maximum absolute atomic E-state index is 6.10. The van der Waals surface area contributed by atoms with Crippen LogP contribution in [0.1, 0.15) is 23.1 Å². The summed E-state index contributed by atoms with van der Waals surface area (Å²) >= 11 is 6.10. The number of rotatable bonds is 1. The van der Waals surface area contributed by atoms with Crippen molar-refractivity contribution in [2.24, 2.45) is 0 Å². The molecule has 2 aromatic carbocycles. The van der Waals surface area contributed by atoms with Crippen LogP contribution in [0, 0.1) is 0 Å². The molecule has 84 valence electrons. The number of halogens is 1. The average molecular weight is 241 g/mol. The summed E-state index contributed by atoms with van der Waals surface area (Å²) in [6, 6.07) is 16.7. The van der Waals surface area contributed by atoms with Crippen LogP contribution in [0.25, 0.3) is 5.57 Å². The highest BCUT2D eigenvalue weighted by Crippen LogP contribution is 2.33.